The molecule has 0 unspecified atom stereocenters. The van der Waals surface area contributed by atoms with Crippen molar-refractivity contribution in [2.45, 2.75) is 25.9 Å². The number of aryl methyl sites for hydroxylation is 1. The number of carbonyl (C=O) groups is 2. The highest BCUT2D eigenvalue weighted by Gasteiger charge is 2.09. The zero-order valence-corrected chi connectivity index (χ0v) is 11.8. The lowest BCUT2D eigenvalue weighted by Gasteiger charge is -2.04. The highest BCUT2D eigenvalue weighted by atomic mass is 16.4. The molecule has 2 aromatic rings. The van der Waals surface area contributed by atoms with E-state index in [9.17, 15) is 9.59 Å². The lowest BCUT2D eigenvalue weighted by Crippen LogP contribution is -2.22. The SMILES string of the molecule is CNC(=O)c1ccc(CNC(=O)CCCn2cccn2)o1. The highest BCUT2D eigenvalue weighted by molar-refractivity contribution is 5.91. The van der Waals surface area contributed by atoms with Gasteiger partial charge in [0.25, 0.3) is 5.91 Å². The lowest BCUT2D eigenvalue weighted by molar-refractivity contribution is -0.121. The van der Waals surface area contributed by atoms with Crippen LogP contribution in [-0.2, 0) is 17.9 Å². The number of amides is 2. The van der Waals surface area contributed by atoms with Gasteiger partial charge in [0.15, 0.2) is 5.76 Å². The van der Waals surface area contributed by atoms with Gasteiger partial charge in [0, 0.05) is 32.4 Å². The van der Waals surface area contributed by atoms with Crippen molar-refractivity contribution in [3.63, 3.8) is 0 Å². The van der Waals surface area contributed by atoms with Crippen LogP contribution in [0.4, 0.5) is 0 Å². The fourth-order valence-corrected chi connectivity index (χ4v) is 1.83. The van der Waals surface area contributed by atoms with E-state index in [1.807, 2.05) is 12.3 Å². The van der Waals surface area contributed by atoms with Gasteiger partial charge in [-0.25, -0.2) is 0 Å². The normalized spacial score (nSPS) is 10.3. The second-order valence-corrected chi connectivity index (χ2v) is 4.49. The number of carbonyl (C=O) groups excluding carboxylic acids is 2. The number of aromatic nitrogens is 2. The van der Waals surface area contributed by atoms with Crippen molar-refractivity contribution in [3.05, 3.63) is 42.1 Å². The van der Waals surface area contributed by atoms with E-state index in [0.717, 1.165) is 6.42 Å². The Morgan fingerprint density at radius 3 is 2.95 bits per heavy atom. The van der Waals surface area contributed by atoms with Crippen LogP contribution in [0, 0.1) is 0 Å². The maximum Gasteiger partial charge on any atom is 0.286 e. The standard InChI is InChI=1S/C14H18N4O3/c1-15-14(20)12-6-5-11(21-12)10-16-13(19)4-2-8-18-9-3-7-17-18/h3,5-7,9H,2,4,8,10H2,1H3,(H,15,20)(H,16,19). The van der Waals surface area contributed by atoms with Crippen LogP contribution in [-0.4, -0.2) is 28.6 Å². The minimum Gasteiger partial charge on any atom is -0.454 e. The molecule has 0 aliphatic rings. The molecule has 2 aromatic heterocycles. The molecule has 7 heteroatoms. The van der Waals surface area contributed by atoms with Gasteiger partial charge in [-0.15, -0.1) is 0 Å². The Kier molecular flexibility index (Phi) is 5.14. The van der Waals surface area contributed by atoms with Crippen LogP contribution in [0.3, 0.4) is 0 Å². The van der Waals surface area contributed by atoms with Crippen LogP contribution in [0.25, 0.3) is 0 Å². The van der Waals surface area contributed by atoms with Gasteiger partial charge in [-0.2, -0.15) is 5.10 Å². The maximum absolute atomic E-state index is 11.7. The number of hydrogen-bond donors (Lipinski definition) is 2. The van der Waals surface area contributed by atoms with Crippen molar-refractivity contribution in [2.24, 2.45) is 0 Å². The van der Waals surface area contributed by atoms with Crippen molar-refractivity contribution in [1.29, 1.82) is 0 Å². The predicted octanol–water partition coefficient (Wildman–Crippen LogP) is 0.932. The number of hydrogen-bond acceptors (Lipinski definition) is 4. The Morgan fingerprint density at radius 2 is 2.24 bits per heavy atom. The molecule has 0 saturated heterocycles. The minimum atomic E-state index is -0.285. The number of furan rings is 1. The molecular weight excluding hydrogens is 272 g/mol. The fourth-order valence-electron chi connectivity index (χ4n) is 1.83. The van der Waals surface area contributed by atoms with Gasteiger partial charge in [-0.3, -0.25) is 14.3 Å². The second-order valence-electron chi connectivity index (χ2n) is 4.49. The molecule has 2 heterocycles. The van der Waals surface area contributed by atoms with E-state index in [1.165, 1.54) is 7.05 Å². The summed E-state index contributed by atoms with van der Waals surface area (Å²) in [6, 6.07) is 5.10. The molecule has 112 valence electrons. The van der Waals surface area contributed by atoms with E-state index in [0.29, 0.717) is 18.7 Å². The smallest absolute Gasteiger partial charge is 0.286 e. The summed E-state index contributed by atoms with van der Waals surface area (Å²) >= 11 is 0. The number of rotatable bonds is 7. The second kappa shape index (κ2) is 7.28. The Morgan fingerprint density at radius 1 is 1.38 bits per heavy atom. The van der Waals surface area contributed by atoms with E-state index < -0.39 is 0 Å². The number of nitrogens with zero attached hydrogens (tertiary/aromatic N) is 2. The molecule has 7 nitrogen and oxygen atoms in total. The molecular formula is C14H18N4O3. The third-order valence-corrected chi connectivity index (χ3v) is 2.92. The summed E-state index contributed by atoms with van der Waals surface area (Å²) in [5, 5.41) is 9.29. The van der Waals surface area contributed by atoms with E-state index in [1.54, 1.807) is 23.0 Å². The zero-order chi connectivity index (χ0) is 15.1. The molecule has 0 radical (unpaired) electrons. The van der Waals surface area contributed by atoms with Gasteiger partial charge in [-0.05, 0) is 24.6 Å². The first kappa shape index (κ1) is 14.8. The quantitative estimate of drug-likeness (QED) is 0.794. The van der Waals surface area contributed by atoms with Gasteiger partial charge in [0.05, 0.1) is 6.54 Å². The van der Waals surface area contributed by atoms with Crippen LogP contribution >= 0.6 is 0 Å². The zero-order valence-electron chi connectivity index (χ0n) is 11.8. The summed E-state index contributed by atoms with van der Waals surface area (Å²) in [5.41, 5.74) is 0. The monoisotopic (exact) mass is 290 g/mol. The van der Waals surface area contributed by atoms with Crippen LogP contribution in [0.1, 0.15) is 29.2 Å². The molecule has 2 amide bonds. The van der Waals surface area contributed by atoms with Gasteiger partial charge in [-0.1, -0.05) is 0 Å². The van der Waals surface area contributed by atoms with E-state index in [-0.39, 0.29) is 24.1 Å². The highest BCUT2D eigenvalue weighted by Crippen LogP contribution is 2.07. The van der Waals surface area contributed by atoms with Crippen LogP contribution in [0.15, 0.2) is 35.0 Å². The van der Waals surface area contributed by atoms with Crippen LogP contribution in [0.2, 0.25) is 0 Å². The third kappa shape index (κ3) is 4.48. The molecule has 2 N–H and O–H groups in total. The Balaban J connectivity index is 1.68. The van der Waals surface area contributed by atoms with Gasteiger partial charge in [0.2, 0.25) is 5.91 Å². The molecule has 2 rings (SSSR count). The molecule has 0 bridgehead atoms. The molecule has 0 spiro atoms. The maximum atomic E-state index is 11.7. The first-order chi connectivity index (χ1) is 10.2. The molecule has 0 aliphatic carbocycles. The van der Waals surface area contributed by atoms with Gasteiger partial charge >= 0.3 is 0 Å². The van der Waals surface area contributed by atoms with Gasteiger partial charge in [0.1, 0.15) is 5.76 Å². The van der Waals surface area contributed by atoms with Crippen molar-refractivity contribution in [3.8, 4) is 0 Å². The fraction of sp³-hybridized carbons (Fsp3) is 0.357. The van der Waals surface area contributed by atoms with Crippen molar-refractivity contribution in [2.75, 3.05) is 7.05 Å². The summed E-state index contributed by atoms with van der Waals surface area (Å²) in [4.78, 5) is 23.0. The first-order valence-corrected chi connectivity index (χ1v) is 6.74. The largest absolute Gasteiger partial charge is 0.454 e. The van der Waals surface area contributed by atoms with Crippen molar-refractivity contribution >= 4 is 11.8 Å². The minimum absolute atomic E-state index is 0.0555. The molecule has 0 saturated carbocycles. The Bertz CT molecular complexity index is 589. The first-order valence-electron chi connectivity index (χ1n) is 6.74. The summed E-state index contributed by atoms with van der Waals surface area (Å²) in [5.74, 6) is 0.446. The van der Waals surface area contributed by atoms with E-state index in [4.69, 9.17) is 4.42 Å². The summed E-state index contributed by atoms with van der Waals surface area (Å²) in [6.07, 6.45) is 4.71. The summed E-state index contributed by atoms with van der Waals surface area (Å²) in [7, 11) is 1.53. The topological polar surface area (TPSA) is 89.2 Å². The molecule has 0 aliphatic heterocycles. The number of nitrogens with one attached hydrogen (secondary N) is 2. The molecule has 0 fully saturated rings. The third-order valence-electron chi connectivity index (χ3n) is 2.92. The molecule has 0 atom stereocenters. The predicted molar refractivity (Wildman–Crippen MR) is 75.4 cm³/mol. The van der Waals surface area contributed by atoms with Gasteiger partial charge < -0.3 is 15.1 Å². The molecule has 0 aromatic carbocycles. The van der Waals surface area contributed by atoms with Crippen molar-refractivity contribution < 1.29 is 14.0 Å². The average Bonchev–Trinajstić information content (AvgIpc) is 3.15. The molecule has 21 heavy (non-hydrogen) atoms. The average molecular weight is 290 g/mol. The van der Waals surface area contributed by atoms with E-state index in [2.05, 4.69) is 15.7 Å². The summed E-state index contributed by atoms with van der Waals surface area (Å²) in [6.45, 7) is 0.986. The summed E-state index contributed by atoms with van der Waals surface area (Å²) < 4.78 is 7.10. The Hall–Kier alpha value is -2.57. The van der Waals surface area contributed by atoms with Crippen LogP contribution < -0.4 is 10.6 Å². The van der Waals surface area contributed by atoms with E-state index >= 15 is 0 Å². The van der Waals surface area contributed by atoms with Crippen molar-refractivity contribution in [1.82, 2.24) is 20.4 Å². The lowest BCUT2D eigenvalue weighted by atomic mass is 10.3. The Labute approximate surface area is 122 Å². The van der Waals surface area contributed by atoms with Crippen LogP contribution in [0.5, 0.6) is 0 Å².